The molecule has 0 fully saturated rings. The van der Waals surface area contributed by atoms with E-state index < -0.39 is 18.0 Å². The summed E-state index contributed by atoms with van der Waals surface area (Å²) in [7, 11) is 0. The predicted octanol–water partition coefficient (Wildman–Crippen LogP) is 4.19. The average Bonchev–Trinajstić information content (AvgIpc) is 2.62. The van der Waals surface area contributed by atoms with Gasteiger partial charge in [0.1, 0.15) is 6.61 Å². The maximum absolute atomic E-state index is 11.4. The van der Waals surface area contributed by atoms with Crippen LogP contribution >= 0.6 is 0 Å². The van der Waals surface area contributed by atoms with Crippen molar-refractivity contribution in [1.29, 1.82) is 0 Å². The number of ether oxygens (including phenoxy) is 1. The van der Waals surface area contributed by atoms with Crippen LogP contribution in [0.4, 0.5) is 0 Å². The molecule has 0 saturated carbocycles. The summed E-state index contributed by atoms with van der Waals surface area (Å²) >= 11 is 0. The summed E-state index contributed by atoms with van der Waals surface area (Å²) in [4.78, 5) is 22.0. The summed E-state index contributed by atoms with van der Waals surface area (Å²) in [5.74, 6) is -1.27. The first-order chi connectivity index (χ1) is 12.6. The molecule has 1 unspecified atom stereocenters. The van der Waals surface area contributed by atoms with E-state index in [2.05, 4.69) is 31.2 Å². The van der Waals surface area contributed by atoms with Gasteiger partial charge in [0.2, 0.25) is 5.91 Å². The number of primary amides is 1. The molecule has 1 atom stereocenters. The van der Waals surface area contributed by atoms with Gasteiger partial charge in [0, 0.05) is 6.42 Å². The Balaban J connectivity index is 3.36. The van der Waals surface area contributed by atoms with Gasteiger partial charge < -0.3 is 15.6 Å². The van der Waals surface area contributed by atoms with Crippen molar-refractivity contribution in [2.24, 2.45) is 5.73 Å². The van der Waals surface area contributed by atoms with Crippen LogP contribution in [0.15, 0.2) is 24.3 Å². The van der Waals surface area contributed by atoms with Crippen molar-refractivity contribution in [3.05, 3.63) is 24.3 Å². The van der Waals surface area contributed by atoms with Gasteiger partial charge >= 0.3 is 5.97 Å². The largest absolute Gasteiger partial charge is 0.462 e. The molecule has 0 heterocycles. The van der Waals surface area contributed by atoms with Crippen molar-refractivity contribution in [2.45, 2.75) is 90.1 Å². The molecule has 0 aromatic heterocycles. The Bertz CT molecular complexity index is 418. The number of hydrogen-bond donors (Lipinski definition) is 2. The van der Waals surface area contributed by atoms with E-state index in [0.717, 1.165) is 38.5 Å². The molecule has 0 spiro atoms. The Morgan fingerprint density at radius 3 is 2.12 bits per heavy atom. The maximum atomic E-state index is 11.4. The number of carbonyl (C=O) groups excluding carboxylic acids is 2. The van der Waals surface area contributed by atoms with Crippen LogP contribution in [0, 0.1) is 0 Å². The number of aliphatic hydroxyl groups is 1. The van der Waals surface area contributed by atoms with Crippen LogP contribution in [0.3, 0.4) is 0 Å². The molecule has 1 amide bonds. The fourth-order valence-electron chi connectivity index (χ4n) is 2.41. The smallest absolute Gasteiger partial charge is 0.305 e. The third kappa shape index (κ3) is 17.2. The maximum Gasteiger partial charge on any atom is 0.305 e. The lowest BCUT2D eigenvalue weighted by molar-refractivity contribution is -0.148. The van der Waals surface area contributed by atoms with Crippen LogP contribution < -0.4 is 5.73 Å². The Morgan fingerprint density at radius 2 is 1.50 bits per heavy atom. The molecule has 3 N–H and O–H groups in total. The monoisotopic (exact) mass is 367 g/mol. The second kappa shape index (κ2) is 18.2. The number of rotatable bonds is 17. The number of allylic oxidation sites excluding steroid dienone is 4. The zero-order valence-electron chi connectivity index (χ0n) is 16.3. The molecule has 0 aromatic carbocycles. The van der Waals surface area contributed by atoms with Gasteiger partial charge in [-0.25, -0.2) is 0 Å². The van der Waals surface area contributed by atoms with E-state index in [1.165, 1.54) is 32.1 Å². The van der Waals surface area contributed by atoms with Crippen molar-refractivity contribution in [3.8, 4) is 0 Å². The summed E-state index contributed by atoms with van der Waals surface area (Å²) in [6.45, 7) is 1.87. The highest BCUT2D eigenvalue weighted by Crippen LogP contribution is 2.08. The average molecular weight is 368 g/mol. The number of amides is 1. The number of unbranched alkanes of at least 4 members (excludes halogenated alkanes) is 8. The highest BCUT2D eigenvalue weighted by Gasteiger charge is 2.13. The minimum atomic E-state index is -1.41. The topological polar surface area (TPSA) is 89.6 Å². The molecule has 26 heavy (non-hydrogen) atoms. The molecule has 150 valence electrons. The lowest BCUT2D eigenvalue weighted by Gasteiger charge is -2.07. The minimum Gasteiger partial charge on any atom is -0.462 e. The lowest BCUT2D eigenvalue weighted by Crippen LogP contribution is -2.33. The molecular weight excluding hydrogens is 330 g/mol. The van der Waals surface area contributed by atoms with Gasteiger partial charge in [0.15, 0.2) is 6.10 Å². The summed E-state index contributed by atoms with van der Waals surface area (Å²) in [6, 6.07) is 0. The first kappa shape index (κ1) is 24.4. The molecule has 0 radical (unpaired) electrons. The molecular formula is C21H37NO4. The van der Waals surface area contributed by atoms with E-state index >= 15 is 0 Å². The van der Waals surface area contributed by atoms with Crippen LogP contribution in [0.2, 0.25) is 0 Å². The van der Waals surface area contributed by atoms with E-state index in [4.69, 9.17) is 15.6 Å². The van der Waals surface area contributed by atoms with Crippen LogP contribution in [-0.4, -0.2) is 29.7 Å². The molecule has 0 saturated heterocycles. The van der Waals surface area contributed by atoms with E-state index in [1.54, 1.807) is 0 Å². The quantitative estimate of drug-likeness (QED) is 0.229. The van der Waals surface area contributed by atoms with Gasteiger partial charge in [0.25, 0.3) is 0 Å². The summed E-state index contributed by atoms with van der Waals surface area (Å²) < 4.78 is 4.78. The van der Waals surface area contributed by atoms with Gasteiger partial charge in [-0.05, 0) is 38.5 Å². The molecule has 0 aliphatic carbocycles. The molecule has 0 aromatic rings. The molecule has 0 aliphatic heterocycles. The Hall–Kier alpha value is -1.62. The van der Waals surface area contributed by atoms with E-state index in [9.17, 15) is 9.59 Å². The fourth-order valence-corrected chi connectivity index (χ4v) is 2.41. The second-order valence-corrected chi connectivity index (χ2v) is 6.58. The second-order valence-electron chi connectivity index (χ2n) is 6.58. The summed E-state index contributed by atoms with van der Waals surface area (Å²) in [5.41, 5.74) is 4.87. The van der Waals surface area contributed by atoms with Crippen LogP contribution in [0.5, 0.6) is 0 Å². The van der Waals surface area contributed by atoms with Crippen molar-refractivity contribution < 1.29 is 19.4 Å². The van der Waals surface area contributed by atoms with Crippen LogP contribution in [0.1, 0.15) is 84.0 Å². The van der Waals surface area contributed by atoms with Gasteiger partial charge in [-0.3, -0.25) is 9.59 Å². The Labute approximate surface area is 158 Å². The molecule has 0 aliphatic rings. The minimum absolute atomic E-state index is 0.315. The van der Waals surface area contributed by atoms with Gasteiger partial charge in [-0.15, -0.1) is 0 Å². The van der Waals surface area contributed by atoms with Gasteiger partial charge in [0.05, 0.1) is 0 Å². The molecule has 5 heteroatoms. The first-order valence-electron chi connectivity index (χ1n) is 10.0. The van der Waals surface area contributed by atoms with Crippen molar-refractivity contribution >= 4 is 11.9 Å². The van der Waals surface area contributed by atoms with Gasteiger partial charge in [-0.2, -0.15) is 0 Å². The Kier molecular flexibility index (Phi) is 17.0. The third-order valence-corrected chi connectivity index (χ3v) is 4.06. The number of nitrogens with two attached hydrogens (primary N) is 1. The summed E-state index contributed by atoms with van der Waals surface area (Å²) in [6.07, 6.45) is 20.3. The highest BCUT2D eigenvalue weighted by atomic mass is 16.5. The van der Waals surface area contributed by atoms with Gasteiger partial charge in [-0.1, -0.05) is 63.3 Å². The number of aliphatic hydroxyl groups excluding tert-OH is 1. The van der Waals surface area contributed by atoms with Crippen LogP contribution in [-0.2, 0) is 14.3 Å². The van der Waals surface area contributed by atoms with E-state index in [-0.39, 0.29) is 6.61 Å². The fraction of sp³-hybridized carbons (Fsp3) is 0.714. The van der Waals surface area contributed by atoms with E-state index in [0.29, 0.717) is 6.42 Å². The lowest BCUT2D eigenvalue weighted by atomic mass is 10.1. The number of hydrogen-bond acceptors (Lipinski definition) is 4. The van der Waals surface area contributed by atoms with Crippen LogP contribution in [0.25, 0.3) is 0 Å². The highest BCUT2D eigenvalue weighted by molar-refractivity contribution is 5.79. The van der Waals surface area contributed by atoms with Crippen molar-refractivity contribution in [1.82, 2.24) is 0 Å². The number of carbonyl (C=O) groups is 2. The predicted molar refractivity (Wildman–Crippen MR) is 106 cm³/mol. The van der Waals surface area contributed by atoms with E-state index in [1.807, 2.05) is 0 Å². The summed E-state index contributed by atoms with van der Waals surface area (Å²) in [5, 5.41) is 9.12. The normalized spacial score (nSPS) is 12.7. The third-order valence-electron chi connectivity index (χ3n) is 4.06. The SMILES string of the molecule is CCCCCC=CCC=CCCCCCCCC(=O)OCC(O)C(N)=O. The zero-order chi connectivity index (χ0) is 19.5. The molecule has 5 nitrogen and oxygen atoms in total. The Morgan fingerprint density at radius 1 is 0.923 bits per heavy atom. The molecule has 0 rings (SSSR count). The first-order valence-corrected chi connectivity index (χ1v) is 10.0. The molecule has 0 bridgehead atoms. The number of esters is 1. The van der Waals surface area contributed by atoms with Crippen molar-refractivity contribution in [2.75, 3.05) is 6.61 Å². The zero-order valence-corrected chi connectivity index (χ0v) is 16.3. The standard InChI is InChI=1S/C21H37NO4/c1-2-3-4-5-6-7-8-9-10-11-12-13-14-15-16-17-20(24)26-18-19(23)21(22)25/h6-7,9-10,19,23H,2-5,8,11-18H2,1H3,(H2,22,25). The van der Waals surface area contributed by atoms with Crippen molar-refractivity contribution in [3.63, 3.8) is 0 Å².